The fraction of sp³-hybridized carbons (Fsp3) is 0. The molecule has 0 aromatic carbocycles. The second-order valence-electron chi connectivity index (χ2n) is 1.94. The van der Waals surface area contributed by atoms with E-state index < -0.39 is 7.32 Å². The fourth-order valence-corrected chi connectivity index (χ4v) is 1.02. The normalized spacial score (nSPS) is 17.1. The van der Waals surface area contributed by atoms with Gasteiger partial charge in [-0.1, -0.05) is 0 Å². The van der Waals surface area contributed by atoms with Gasteiger partial charge in [-0.25, -0.2) is 0 Å². The SMILES string of the molecule is c1cn2c3c1OB(O3)O2. The highest BCUT2D eigenvalue weighted by molar-refractivity contribution is 6.41. The van der Waals surface area contributed by atoms with Gasteiger partial charge in [-0.15, -0.1) is 0 Å². The summed E-state index contributed by atoms with van der Waals surface area (Å²) in [5, 5.41) is 0. The van der Waals surface area contributed by atoms with Crippen molar-refractivity contribution in [1.82, 2.24) is 4.73 Å². The van der Waals surface area contributed by atoms with Gasteiger partial charge in [0.2, 0.25) is 0 Å². The van der Waals surface area contributed by atoms with Gasteiger partial charge < -0.3 is 14.1 Å². The van der Waals surface area contributed by atoms with Crippen LogP contribution in [0.15, 0.2) is 12.3 Å². The van der Waals surface area contributed by atoms with E-state index >= 15 is 0 Å². The molecule has 5 heteroatoms. The number of aromatic nitrogens is 1. The third-order valence-corrected chi connectivity index (χ3v) is 1.40. The first-order chi connectivity index (χ1) is 4.43. The molecule has 0 spiro atoms. The van der Waals surface area contributed by atoms with Gasteiger partial charge in [0.1, 0.15) is 0 Å². The Kier molecular flexibility index (Phi) is 0.370. The Morgan fingerprint density at radius 2 is 2.44 bits per heavy atom. The minimum absolute atomic E-state index is 0.523. The molecule has 0 aliphatic carbocycles. The van der Waals surface area contributed by atoms with Crippen molar-refractivity contribution in [2.75, 3.05) is 0 Å². The summed E-state index contributed by atoms with van der Waals surface area (Å²) in [5.74, 6) is 1.45. The molecule has 0 amide bonds. The number of nitrogens with zero attached hydrogens (tertiary/aromatic N) is 1. The topological polar surface area (TPSA) is 32.6 Å². The zero-order valence-corrected chi connectivity index (χ0v) is 4.40. The second kappa shape index (κ2) is 0.898. The third-order valence-electron chi connectivity index (χ3n) is 1.40. The Balaban J connectivity index is 2.44. The Hall–Kier alpha value is -1.26. The Morgan fingerprint density at radius 1 is 1.44 bits per heavy atom. The minimum Gasteiger partial charge on any atom is -0.484 e. The lowest BCUT2D eigenvalue weighted by atomic mass is 10.3. The van der Waals surface area contributed by atoms with Gasteiger partial charge in [-0.3, -0.25) is 0 Å². The van der Waals surface area contributed by atoms with Crippen molar-refractivity contribution >= 4 is 7.32 Å². The standard InChI is InChI=1S/C4H2BNO3/c1-2-6-4-3(1)7-5(8-4)9-6/h1-2H. The predicted octanol–water partition coefficient (Wildman–Crippen LogP) is -0.314. The van der Waals surface area contributed by atoms with Crippen LogP contribution in [-0.2, 0) is 0 Å². The lowest BCUT2D eigenvalue weighted by Crippen LogP contribution is -2.32. The maximum Gasteiger partial charge on any atom is 0.886 e. The molecule has 0 atom stereocenters. The van der Waals surface area contributed by atoms with E-state index in [0.717, 1.165) is 5.75 Å². The highest BCUT2D eigenvalue weighted by Crippen LogP contribution is 2.37. The van der Waals surface area contributed by atoms with Crippen molar-refractivity contribution < 1.29 is 14.1 Å². The van der Waals surface area contributed by atoms with Crippen LogP contribution in [0.5, 0.6) is 11.6 Å². The van der Waals surface area contributed by atoms with Gasteiger partial charge in [-0.2, -0.15) is 4.73 Å². The first kappa shape index (κ1) is 3.71. The zero-order valence-electron chi connectivity index (χ0n) is 4.40. The van der Waals surface area contributed by atoms with Crippen LogP contribution in [-0.4, -0.2) is 12.1 Å². The summed E-state index contributed by atoms with van der Waals surface area (Å²) in [7, 11) is -0.523. The lowest BCUT2D eigenvalue weighted by molar-refractivity contribution is 0.242. The number of rotatable bonds is 0. The number of hydrogen-bond donors (Lipinski definition) is 0. The predicted molar refractivity (Wildman–Crippen MR) is 28.0 cm³/mol. The minimum atomic E-state index is -0.523. The first-order valence-electron chi connectivity index (χ1n) is 2.65. The molecule has 2 aliphatic heterocycles. The van der Waals surface area contributed by atoms with E-state index in [0.29, 0.717) is 5.88 Å². The summed E-state index contributed by atoms with van der Waals surface area (Å²) >= 11 is 0. The highest BCUT2D eigenvalue weighted by atomic mass is 16.9. The first-order valence-corrected chi connectivity index (χ1v) is 2.65. The summed E-state index contributed by atoms with van der Waals surface area (Å²) < 4.78 is 16.7. The van der Waals surface area contributed by atoms with Crippen molar-refractivity contribution in [3.05, 3.63) is 12.3 Å². The van der Waals surface area contributed by atoms with Gasteiger partial charge in [0, 0.05) is 12.3 Å². The van der Waals surface area contributed by atoms with Crippen LogP contribution in [0.2, 0.25) is 0 Å². The van der Waals surface area contributed by atoms with Crippen LogP contribution in [0, 0.1) is 0 Å². The van der Waals surface area contributed by atoms with Crippen molar-refractivity contribution in [3.63, 3.8) is 0 Å². The van der Waals surface area contributed by atoms with Crippen LogP contribution in [0.25, 0.3) is 0 Å². The molecule has 0 unspecified atom stereocenters. The summed E-state index contributed by atoms with van der Waals surface area (Å²) in [6.07, 6.45) is 1.76. The molecule has 0 radical (unpaired) electrons. The van der Waals surface area contributed by atoms with Crippen LogP contribution < -0.4 is 14.1 Å². The van der Waals surface area contributed by atoms with Crippen LogP contribution in [0.4, 0.5) is 0 Å². The van der Waals surface area contributed by atoms with Crippen molar-refractivity contribution in [2.45, 2.75) is 0 Å². The van der Waals surface area contributed by atoms with Crippen LogP contribution >= 0.6 is 0 Å². The molecule has 0 fully saturated rings. The molecule has 44 valence electrons. The summed E-state index contributed by atoms with van der Waals surface area (Å²) in [4.78, 5) is 0. The molecule has 3 rings (SSSR count). The molecule has 0 saturated heterocycles. The van der Waals surface area contributed by atoms with E-state index in [1.807, 2.05) is 6.07 Å². The zero-order chi connectivity index (χ0) is 5.84. The summed E-state index contributed by atoms with van der Waals surface area (Å²) in [6.45, 7) is 0. The molecule has 0 saturated carbocycles. The van der Waals surface area contributed by atoms with Crippen molar-refractivity contribution in [1.29, 1.82) is 0 Å². The van der Waals surface area contributed by atoms with E-state index in [2.05, 4.69) is 0 Å². The molecule has 4 nitrogen and oxygen atoms in total. The smallest absolute Gasteiger partial charge is 0.484 e. The highest BCUT2D eigenvalue weighted by Gasteiger charge is 2.47. The summed E-state index contributed by atoms with van der Waals surface area (Å²) in [6, 6.07) is 1.81. The van der Waals surface area contributed by atoms with Crippen LogP contribution in [0.3, 0.4) is 0 Å². The number of hydrogen-bond acceptors (Lipinski definition) is 3. The molecule has 9 heavy (non-hydrogen) atoms. The molecule has 1 aromatic heterocycles. The molecule has 0 N–H and O–H groups in total. The van der Waals surface area contributed by atoms with Gasteiger partial charge in [-0.05, 0) is 0 Å². The quantitative estimate of drug-likeness (QED) is 0.443. The second-order valence-corrected chi connectivity index (χ2v) is 1.94. The molecular weight excluding hydrogens is 121 g/mol. The largest absolute Gasteiger partial charge is 0.886 e. The molecule has 1 aromatic rings. The molecule has 3 heterocycles. The summed E-state index contributed by atoms with van der Waals surface area (Å²) in [5.41, 5.74) is 0. The van der Waals surface area contributed by atoms with E-state index in [1.54, 1.807) is 10.9 Å². The maximum atomic E-state index is 5.06. The van der Waals surface area contributed by atoms with E-state index in [1.165, 1.54) is 0 Å². The fourth-order valence-electron chi connectivity index (χ4n) is 1.02. The van der Waals surface area contributed by atoms with Crippen molar-refractivity contribution in [2.24, 2.45) is 0 Å². The lowest BCUT2D eigenvalue weighted by Gasteiger charge is -2.00. The molecule has 2 aliphatic rings. The number of fused-ring (bicyclic) bond motifs is 1. The van der Waals surface area contributed by atoms with Gasteiger partial charge in [0.05, 0.1) is 0 Å². The van der Waals surface area contributed by atoms with Crippen molar-refractivity contribution in [3.8, 4) is 11.6 Å². The van der Waals surface area contributed by atoms with Gasteiger partial charge in [0.15, 0.2) is 5.75 Å². The average Bonchev–Trinajstić information content (AvgIpc) is 2.35. The average molecular weight is 123 g/mol. The van der Waals surface area contributed by atoms with Gasteiger partial charge in [0.25, 0.3) is 5.88 Å². The maximum absolute atomic E-state index is 5.06. The Labute approximate surface area is 51.1 Å². The Bertz CT molecular complexity index is 245. The van der Waals surface area contributed by atoms with E-state index in [4.69, 9.17) is 14.1 Å². The van der Waals surface area contributed by atoms with E-state index in [-0.39, 0.29) is 0 Å². The molecular formula is C4H2BNO3. The van der Waals surface area contributed by atoms with Gasteiger partial charge >= 0.3 is 7.32 Å². The molecule has 2 bridgehead atoms. The van der Waals surface area contributed by atoms with E-state index in [9.17, 15) is 0 Å². The van der Waals surface area contributed by atoms with Crippen LogP contribution in [0.1, 0.15) is 0 Å². The third kappa shape index (κ3) is 0.269. The Morgan fingerprint density at radius 3 is 3.11 bits per heavy atom. The monoisotopic (exact) mass is 123 g/mol.